The Labute approximate surface area is 115 Å². The lowest BCUT2D eigenvalue weighted by Gasteiger charge is -2.12. The summed E-state index contributed by atoms with van der Waals surface area (Å²) in [4.78, 5) is 23.3. The molecule has 98 valence electrons. The zero-order valence-electron chi connectivity index (χ0n) is 10.5. The summed E-state index contributed by atoms with van der Waals surface area (Å²) < 4.78 is 0.713. The van der Waals surface area contributed by atoms with Crippen LogP contribution in [-0.4, -0.2) is 24.4 Å². The molecule has 0 radical (unpaired) electrons. The molecule has 2 N–H and O–H groups in total. The molecule has 1 aromatic carbocycles. The zero-order chi connectivity index (χ0) is 13.5. The molecule has 0 aliphatic carbocycles. The second-order valence-corrected chi connectivity index (χ2v) is 4.89. The summed E-state index contributed by atoms with van der Waals surface area (Å²) in [6.45, 7) is 3.91. The van der Waals surface area contributed by atoms with Gasteiger partial charge in [0.25, 0.3) is 5.91 Å². The Morgan fingerprint density at radius 1 is 1.33 bits per heavy atom. The van der Waals surface area contributed by atoms with Crippen LogP contribution < -0.4 is 10.6 Å². The van der Waals surface area contributed by atoms with Crippen molar-refractivity contribution in [2.24, 2.45) is 0 Å². The van der Waals surface area contributed by atoms with Gasteiger partial charge in [-0.3, -0.25) is 9.59 Å². The van der Waals surface area contributed by atoms with Crippen molar-refractivity contribution < 1.29 is 9.59 Å². The minimum absolute atomic E-state index is 0.00942. The van der Waals surface area contributed by atoms with Gasteiger partial charge in [-0.25, -0.2) is 0 Å². The summed E-state index contributed by atoms with van der Waals surface area (Å²) in [6.07, 6.45) is 0.865. The average Bonchev–Trinajstić information content (AvgIpc) is 2.36. The average molecular weight is 313 g/mol. The van der Waals surface area contributed by atoms with Gasteiger partial charge < -0.3 is 10.6 Å². The minimum Gasteiger partial charge on any atom is -0.352 e. The van der Waals surface area contributed by atoms with E-state index in [0.717, 1.165) is 6.42 Å². The first-order chi connectivity index (χ1) is 8.54. The Bertz CT molecular complexity index is 435. The Morgan fingerprint density at radius 2 is 2.00 bits per heavy atom. The van der Waals surface area contributed by atoms with Crippen LogP contribution in [0.2, 0.25) is 0 Å². The van der Waals surface area contributed by atoms with Gasteiger partial charge in [-0.15, -0.1) is 0 Å². The molecule has 0 aliphatic heterocycles. The lowest BCUT2D eigenvalue weighted by molar-refractivity contribution is -0.120. The minimum atomic E-state index is -0.262. The third-order valence-electron chi connectivity index (χ3n) is 2.55. The van der Waals surface area contributed by atoms with Gasteiger partial charge in [0.2, 0.25) is 5.91 Å². The normalized spacial score (nSPS) is 11.7. The Kier molecular flexibility index (Phi) is 5.85. The van der Waals surface area contributed by atoms with Crippen LogP contribution in [0.5, 0.6) is 0 Å². The highest BCUT2D eigenvalue weighted by molar-refractivity contribution is 9.10. The van der Waals surface area contributed by atoms with Crippen LogP contribution in [0.1, 0.15) is 30.6 Å². The topological polar surface area (TPSA) is 58.2 Å². The van der Waals surface area contributed by atoms with Crippen LogP contribution >= 0.6 is 15.9 Å². The van der Waals surface area contributed by atoms with E-state index in [1.165, 1.54) is 0 Å². The van der Waals surface area contributed by atoms with Crippen molar-refractivity contribution in [2.45, 2.75) is 26.3 Å². The smallest absolute Gasteiger partial charge is 0.252 e. The molecule has 0 saturated heterocycles. The number of hydrogen-bond acceptors (Lipinski definition) is 2. The molecule has 0 fully saturated rings. The van der Waals surface area contributed by atoms with Crippen molar-refractivity contribution in [3.8, 4) is 0 Å². The summed E-state index contributed by atoms with van der Waals surface area (Å²) in [5.41, 5.74) is 0.522. The van der Waals surface area contributed by atoms with Crippen molar-refractivity contribution in [3.05, 3.63) is 34.3 Å². The van der Waals surface area contributed by atoms with Crippen molar-refractivity contribution in [1.29, 1.82) is 0 Å². The molecule has 0 bridgehead atoms. The maximum absolute atomic E-state index is 11.8. The van der Waals surface area contributed by atoms with E-state index in [1.54, 1.807) is 18.2 Å². The molecule has 1 atom stereocenters. The van der Waals surface area contributed by atoms with Gasteiger partial charge in [-0.1, -0.05) is 19.1 Å². The molecule has 0 saturated carbocycles. The van der Waals surface area contributed by atoms with Gasteiger partial charge in [-0.05, 0) is 41.4 Å². The van der Waals surface area contributed by atoms with Gasteiger partial charge in [0.05, 0.1) is 12.1 Å². The number of rotatable bonds is 5. The van der Waals surface area contributed by atoms with Crippen LogP contribution in [0.25, 0.3) is 0 Å². The number of hydrogen-bond donors (Lipinski definition) is 2. The lowest BCUT2D eigenvalue weighted by atomic mass is 10.2. The predicted octanol–water partition coefficient (Wildman–Crippen LogP) is 2.09. The van der Waals surface area contributed by atoms with Crippen molar-refractivity contribution >= 4 is 27.7 Å². The molecular weight excluding hydrogens is 296 g/mol. The molecule has 1 unspecified atom stereocenters. The van der Waals surface area contributed by atoms with E-state index < -0.39 is 0 Å². The summed E-state index contributed by atoms with van der Waals surface area (Å²) in [6, 6.07) is 7.22. The highest BCUT2D eigenvalue weighted by Crippen LogP contribution is 2.15. The molecule has 1 rings (SSSR count). The fourth-order valence-corrected chi connectivity index (χ4v) is 1.79. The Hall–Kier alpha value is -1.36. The maximum Gasteiger partial charge on any atom is 0.252 e. The van der Waals surface area contributed by atoms with Crippen LogP contribution in [0, 0.1) is 0 Å². The molecular formula is C13H17BrN2O2. The number of amides is 2. The molecule has 1 aromatic rings. The molecule has 4 nitrogen and oxygen atoms in total. The maximum atomic E-state index is 11.8. The van der Waals surface area contributed by atoms with Gasteiger partial charge in [-0.2, -0.15) is 0 Å². The van der Waals surface area contributed by atoms with Gasteiger partial charge in [0, 0.05) is 10.5 Å². The van der Waals surface area contributed by atoms with E-state index in [9.17, 15) is 9.59 Å². The fraction of sp³-hybridized carbons (Fsp3) is 0.385. The van der Waals surface area contributed by atoms with Crippen LogP contribution in [0.4, 0.5) is 0 Å². The number of halogens is 1. The van der Waals surface area contributed by atoms with Crippen LogP contribution in [0.3, 0.4) is 0 Å². The van der Waals surface area contributed by atoms with E-state index in [2.05, 4.69) is 26.6 Å². The number of carbonyl (C=O) groups is 2. The molecule has 0 aromatic heterocycles. The highest BCUT2D eigenvalue weighted by atomic mass is 79.9. The largest absolute Gasteiger partial charge is 0.352 e. The summed E-state index contributed by atoms with van der Waals surface area (Å²) in [5, 5.41) is 5.37. The van der Waals surface area contributed by atoms with E-state index in [0.29, 0.717) is 10.0 Å². The van der Waals surface area contributed by atoms with Gasteiger partial charge in [0.1, 0.15) is 0 Å². The van der Waals surface area contributed by atoms with Crippen molar-refractivity contribution in [2.75, 3.05) is 6.54 Å². The van der Waals surface area contributed by atoms with Crippen molar-refractivity contribution in [3.63, 3.8) is 0 Å². The first kappa shape index (κ1) is 14.7. The second kappa shape index (κ2) is 7.16. The second-order valence-electron chi connectivity index (χ2n) is 4.04. The molecule has 0 aliphatic rings. The molecule has 5 heteroatoms. The molecule has 2 amide bonds. The van der Waals surface area contributed by atoms with E-state index in [-0.39, 0.29) is 24.4 Å². The van der Waals surface area contributed by atoms with Gasteiger partial charge >= 0.3 is 0 Å². The van der Waals surface area contributed by atoms with E-state index in [4.69, 9.17) is 0 Å². The summed E-state index contributed by atoms with van der Waals surface area (Å²) >= 11 is 3.29. The fourth-order valence-electron chi connectivity index (χ4n) is 1.33. The quantitative estimate of drug-likeness (QED) is 0.874. The predicted molar refractivity (Wildman–Crippen MR) is 74.4 cm³/mol. The first-order valence-electron chi connectivity index (χ1n) is 5.86. The highest BCUT2D eigenvalue weighted by Gasteiger charge is 2.11. The van der Waals surface area contributed by atoms with Crippen molar-refractivity contribution in [1.82, 2.24) is 10.6 Å². The van der Waals surface area contributed by atoms with E-state index >= 15 is 0 Å². The zero-order valence-corrected chi connectivity index (χ0v) is 12.1. The Morgan fingerprint density at radius 3 is 2.61 bits per heavy atom. The molecule has 18 heavy (non-hydrogen) atoms. The van der Waals surface area contributed by atoms with Crippen LogP contribution in [0.15, 0.2) is 28.7 Å². The lowest BCUT2D eigenvalue weighted by Crippen LogP contribution is -2.40. The van der Waals surface area contributed by atoms with Gasteiger partial charge in [0.15, 0.2) is 0 Å². The first-order valence-corrected chi connectivity index (χ1v) is 6.66. The number of benzene rings is 1. The number of carbonyl (C=O) groups excluding carboxylic acids is 2. The third-order valence-corrected chi connectivity index (χ3v) is 3.24. The summed E-state index contributed by atoms with van der Waals surface area (Å²) in [5.74, 6) is -0.438. The molecule has 0 spiro atoms. The summed E-state index contributed by atoms with van der Waals surface area (Å²) in [7, 11) is 0. The third kappa shape index (κ3) is 4.49. The molecule has 0 heterocycles. The van der Waals surface area contributed by atoms with E-state index in [1.807, 2.05) is 19.9 Å². The number of nitrogens with one attached hydrogen (secondary N) is 2. The monoisotopic (exact) mass is 312 g/mol. The van der Waals surface area contributed by atoms with Crippen LogP contribution in [-0.2, 0) is 4.79 Å². The SMILES string of the molecule is CCC(C)NC(=O)CNC(=O)c1ccccc1Br. The standard InChI is InChI=1S/C13H17BrN2O2/c1-3-9(2)16-12(17)8-15-13(18)10-6-4-5-7-11(10)14/h4-7,9H,3,8H2,1-2H3,(H,15,18)(H,16,17). The Balaban J connectivity index is 2.47.